The highest BCUT2D eigenvalue weighted by molar-refractivity contribution is 7.74. The van der Waals surface area contributed by atoms with Crippen molar-refractivity contribution >= 4 is 33.9 Å². The molecule has 0 fully saturated rings. The molecule has 0 spiro atoms. The number of anilines is 1. The fourth-order valence-corrected chi connectivity index (χ4v) is 2.89. The quantitative estimate of drug-likeness (QED) is 0.756. The minimum atomic E-state index is -2.95. The summed E-state index contributed by atoms with van der Waals surface area (Å²) in [7, 11) is -2.95. The molecule has 8 heteroatoms. The highest BCUT2D eigenvalue weighted by atomic mass is 32.2. The maximum absolute atomic E-state index is 12.8. The Hall–Kier alpha value is -1.93. The maximum atomic E-state index is 12.8. The molecule has 2 aromatic rings. The Kier molecular flexibility index (Phi) is 3.82. The summed E-state index contributed by atoms with van der Waals surface area (Å²) >= 11 is 0.917. The molecule has 0 aliphatic rings. The normalized spacial score (nSPS) is 10.6. The summed E-state index contributed by atoms with van der Waals surface area (Å²) < 4.78 is 36.1. The van der Waals surface area contributed by atoms with Gasteiger partial charge in [0.05, 0.1) is 5.69 Å². The maximum Gasteiger partial charge on any atom is 0.348 e. The van der Waals surface area contributed by atoms with E-state index in [1.165, 1.54) is 30.3 Å². The molecule has 1 aromatic carbocycles. The van der Waals surface area contributed by atoms with Gasteiger partial charge in [0.2, 0.25) is 10.9 Å². The minimum absolute atomic E-state index is 0.00735. The summed E-state index contributed by atoms with van der Waals surface area (Å²) in [6.07, 6.45) is 0. The van der Waals surface area contributed by atoms with Crippen molar-refractivity contribution in [2.24, 2.45) is 0 Å². The Bertz CT molecular complexity index is 683. The Labute approximate surface area is 113 Å². The van der Waals surface area contributed by atoms with Crippen LogP contribution >= 0.6 is 11.3 Å². The van der Waals surface area contributed by atoms with Crippen LogP contribution in [0.2, 0.25) is 0 Å². The van der Waals surface area contributed by atoms with Gasteiger partial charge in [-0.05, 0) is 23.8 Å². The molecule has 0 amide bonds. The Morgan fingerprint density at radius 3 is 2.42 bits per heavy atom. The molecule has 5 nitrogen and oxygen atoms in total. The van der Waals surface area contributed by atoms with Gasteiger partial charge in [-0.1, -0.05) is 12.1 Å². The van der Waals surface area contributed by atoms with Crippen molar-refractivity contribution in [1.29, 1.82) is 0 Å². The summed E-state index contributed by atoms with van der Waals surface area (Å²) in [5.74, 6) is -1.63. The Morgan fingerprint density at radius 1 is 1.26 bits per heavy atom. The molecule has 0 saturated carbocycles. The summed E-state index contributed by atoms with van der Waals surface area (Å²) in [4.78, 5) is 11.4. The molecule has 0 radical (unpaired) electrons. The number of hydrogen-bond acceptors (Lipinski definition) is 4. The van der Waals surface area contributed by atoms with E-state index in [-0.39, 0.29) is 10.6 Å². The molecule has 1 aromatic heterocycles. The van der Waals surface area contributed by atoms with Crippen LogP contribution in [0, 0.1) is 5.82 Å². The second-order valence-electron chi connectivity index (χ2n) is 3.53. The molecule has 0 saturated heterocycles. The third-order valence-corrected chi connectivity index (χ3v) is 3.86. The summed E-state index contributed by atoms with van der Waals surface area (Å²) in [6.45, 7) is 0. The number of halogens is 1. The van der Waals surface area contributed by atoms with Gasteiger partial charge >= 0.3 is 5.97 Å². The first-order chi connectivity index (χ1) is 8.97. The van der Waals surface area contributed by atoms with Crippen LogP contribution in [-0.2, 0) is 10.9 Å². The Balaban J connectivity index is 2.47. The van der Waals surface area contributed by atoms with E-state index in [0.717, 1.165) is 11.3 Å². The number of carboxylic acid groups (broad SMARTS) is 1. The van der Waals surface area contributed by atoms with E-state index in [1.54, 1.807) is 0 Å². The van der Waals surface area contributed by atoms with Gasteiger partial charge in [0, 0.05) is 4.88 Å². The molecule has 0 atom stereocenters. The third kappa shape index (κ3) is 3.09. The predicted octanol–water partition coefficient (Wildman–Crippen LogP) is 2.19. The van der Waals surface area contributed by atoms with Gasteiger partial charge in [0.25, 0.3) is 0 Å². The molecule has 19 heavy (non-hydrogen) atoms. The van der Waals surface area contributed by atoms with Crippen LogP contribution in [0.3, 0.4) is 0 Å². The molecular formula is C11H8FNO4S2. The van der Waals surface area contributed by atoms with Crippen molar-refractivity contribution in [1.82, 2.24) is 0 Å². The number of carboxylic acids is 1. The topological polar surface area (TPSA) is 83.5 Å². The first kappa shape index (κ1) is 13.5. The molecule has 2 rings (SSSR count). The smallest absolute Gasteiger partial charge is 0.348 e. The molecule has 100 valence electrons. The second kappa shape index (κ2) is 5.37. The van der Waals surface area contributed by atoms with E-state index >= 15 is 0 Å². The fourth-order valence-electron chi connectivity index (χ4n) is 1.49. The van der Waals surface area contributed by atoms with Gasteiger partial charge in [0.1, 0.15) is 10.7 Å². The highest BCUT2D eigenvalue weighted by Crippen LogP contribution is 2.34. The third-order valence-electron chi connectivity index (χ3n) is 2.27. The van der Waals surface area contributed by atoms with Crippen LogP contribution in [-0.4, -0.2) is 19.5 Å². The highest BCUT2D eigenvalue weighted by Gasteiger charge is 2.16. The predicted molar refractivity (Wildman–Crippen MR) is 70.6 cm³/mol. The first-order valence-electron chi connectivity index (χ1n) is 5.01. The van der Waals surface area contributed by atoms with E-state index in [9.17, 15) is 17.6 Å². The number of carbonyl (C=O) groups is 1. The van der Waals surface area contributed by atoms with Crippen LogP contribution in [0.1, 0.15) is 9.67 Å². The first-order valence-corrected chi connectivity index (χ1v) is 7.01. The monoisotopic (exact) mass is 301 g/mol. The van der Waals surface area contributed by atoms with E-state index in [0.29, 0.717) is 10.4 Å². The van der Waals surface area contributed by atoms with Crippen LogP contribution in [0.4, 0.5) is 10.1 Å². The molecule has 2 N–H and O–H groups in total. The molecule has 0 unspecified atom stereocenters. The van der Waals surface area contributed by atoms with Crippen molar-refractivity contribution in [2.45, 2.75) is 0 Å². The fraction of sp³-hybridized carbons (Fsp3) is 0. The molecule has 1 heterocycles. The SMILES string of the molecule is O=C(O)c1sc(-c2ccc(F)cc2)cc1N[SH](=O)=O. The summed E-state index contributed by atoms with van der Waals surface area (Å²) in [5.41, 5.74) is 0.621. The standard InChI is InChI=1S/C11H8FNO4S2/c12-7-3-1-6(2-4-7)9-5-8(13-19(16)17)10(18-9)11(14)15/h1-5,19H,(H,14,15)(H,13,16,17). The van der Waals surface area contributed by atoms with Crippen molar-refractivity contribution < 1.29 is 22.7 Å². The largest absolute Gasteiger partial charge is 0.477 e. The zero-order valence-electron chi connectivity index (χ0n) is 9.29. The van der Waals surface area contributed by atoms with Gasteiger partial charge in [0.15, 0.2) is 0 Å². The summed E-state index contributed by atoms with van der Waals surface area (Å²) in [5, 5.41) is 9.00. The molecule has 0 aliphatic heterocycles. The number of nitrogens with one attached hydrogen (secondary N) is 1. The van der Waals surface area contributed by atoms with E-state index < -0.39 is 22.7 Å². The van der Waals surface area contributed by atoms with Gasteiger partial charge < -0.3 is 5.11 Å². The van der Waals surface area contributed by atoms with Crippen molar-refractivity contribution in [3.05, 3.63) is 41.0 Å². The van der Waals surface area contributed by atoms with Crippen LogP contribution in [0.25, 0.3) is 10.4 Å². The van der Waals surface area contributed by atoms with Crippen LogP contribution in [0.15, 0.2) is 30.3 Å². The summed E-state index contributed by atoms with van der Waals surface area (Å²) in [6, 6.07) is 6.89. The van der Waals surface area contributed by atoms with Gasteiger partial charge in [-0.25, -0.2) is 17.6 Å². The number of rotatable bonds is 4. The minimum Gasteiger partial charge on any atom is -0.477 e. The average molecular weight is 301 g/mol. The van der Waals surface area contributed by atoms with E-state index in [4.69, 9.17) is 5.11 Å². The van der Waals surface area contributed by atoms with E-state index in [1.807, 2.05) is 0 Å². The van der Waals surface area contributed by atoms with Crippen molar-refractivity contribution in [2.75, 3.05) is 4.72 Å². The van der Waals surface area contributed by atoms with Gasteiger partial charge in [-0.3, -0.25) is 4.72 Å². The number of aromatic carboxylic acids is 1. The second-order valence-corrected chi connectivity index (χ2v) is 5.32. The van der Waals surface area contributed by atoms with Crippen molar-refractivity contribution in [3.63, 3.8) is 0 Å². The molecule has 0 bridgehead atoms. The lowest BCUT2D eigenvalue weighted by Gasteiger charge is -1.95. The Morgan fingerprint density at radius 2 is 1.89 bits per heavy atom. The lowest BCUT2D eigenvalue weighted by atomic mass is 10.2. The van der Waals surface area contributed by atoms with Gasteiger partial charge in [-0.2, -0.15) is 0 Å². The number of thiol groups is 1. The lowest BCUT2D eigenvalue weighted by molar-refractivity contribution is 0.0703. The average Bonchev–Trinajstić information content (AvgIpc) is 2.73. The van der Waals surface area contributed by atoms with E-state index in [2.05, 4.69) is 4.72 Å². The molecule has 0 aliphatic carbocycles. The number of thiophene rings is 1. The van der Waals surface area contributed by atoms with Crippen LogP contribution < -0.4 is 4.72 Å². The lowest BCUT2D eigenvalue weighted by Crippen LogP contribution is -2.00. The van der Waals surface area contributed by atoms with Crippen LogP contribution in [0.5, 0.6) is 0 Å². The van der Waals surface area contributed by atoms with Gasteiger partial charge in [-0.15, -0.1) is 11.3 Å². The van der Waals surface area contributed by atoms with Crippen molar-refractivity contribution in [3.8, 4) is 10.4 Å². The zero-order valence-corrected chi connectivity index (χ0v) is 11.0. The number of benzene rings is 1. The molecular weight excluding hydrogens is 293 g/mol. The number of hydrogen-bond donors (Lipinski definition) is 3. The zero-order chi connectivity index (χ0) is 14.0.